The molecule has 1 aromatic carbocycles. The van der Waals surface area contributed by atoms with E-state index < -0.39 is 11.2 Å². The van der Waals surface area contributed by atoms with Crippen LogP contribution in [0.25, 0.3) is 0 Å². The number of thiocarbonyl (C=S) groups is 1. The van der Waals surface area contributed by atoms with Gasteiger partial charge in [-0.15, -0.1) is 0 Å². The molecule has 1 heterocycles. The summed E-state index contributed by atoms with van der Waals surface area (Å²) < 4.78 is 0.366. The lowest BCUT2D eigenvalue weighted by atomic mass is 10.1. The Labute approximate surface area is 124 Å². The largest absolute Gasteiger partial charge is 0.366 e. The van der Waals surface area contributed by atoms with E-state index in [1.807, 2.05) is 0 Å². The highest BCUT2D eigenvalue weighted by molar-refractivity contribution is 8.24. The van der Waals surface area contributed by atoms with E-state index in [1.165, 1.54) is 6.07 Å². The summed E-state index contributed by atoms with van der Waals surface area (Å²) in [6, 6.07) is 6.41. The number of nitrogens with one attached hydrogen (secondary N) is 2. The maximum absolute atomic E-state index is 11.9. The molecule has 3 amide bonds. The van der Waals surface area contributed by atoms with E-state index in [1.54, 1.807) is 18.2 Å². The minimum atomic E-state index is -0.630. The van der Waals surface area contributed by atoms with E-state index in [-0.39, 0.29) is 23.8 Å². The lowest BCUT2D eigenvalue weighted by molar-refractivity contribution is -0.122. The number of carbonyl (C=O) groups is 3. The molecule has 6 nitrogen and oxygen atoms in total. The van der Waals surface area contributed by atoms with Crippen molar-refractivity contribution in [1.82, 2.24) is 5.32 Å². The molecule has 1 aliphatic rings. The second-order valence-corrected chi connectivity index (χ2v) is 5.92. The van der Waals surface area contributed by atoms with Crippen molar-refractivity contribution in [3.05, 3.63) is 29.8 Å². The zero-order chi connectivity index (χ0) is 14.7. The van der Waals surface area contributed by atoms with Crippen LogP contribution in [0.2, 0.25) is 0 Å². The third-order valence-electron chi connectivity index (χ3n) is 2.60. The molecule has 0 bridgehead atoms. The Balaban J connectivity index is 2.04. The first-order valence-corrected chi connectivity index (χ1v) is 6.96. The van der Waals surface area contributed by atoms with Crippen molar-refractivity contribution >= 4 is 51.7 Å². The topological polar surface area (TPSA) is 101 Å². The average Bonchev–Trinajstić information content (AvgIpc) is 2.68. The van der Waals surface area contributed by atoms with Crippen LogP contribution in [-0.4, -0.2) is 27.3 Å². The molecule has 4 N–H and O–H groups in total. The van der Waals surface area contributed by atoms with Crippen molar-refractivity contribution < 1.29 is 14.4 Å². The molecule has 2 rings (SSSR count). The number of hydrogen-bond acceptors (Lipinski definition) is 5. The maximum atomic E-state index is 11.9. The van der Waals surface area contributed by atoms with Gasteiger partial charge in [0.05, 0.1) is 16.5 Å². The minimum Gasteiger partial charge on any atom is -0.366 e. The molecule has 1 fully saturated rings. The van der Waals surface area contributed by atoms with Gasteiger partial charge in [0.15, 0.2) is 0 Å². The lowest BCUT2D eigenvalue weighted by Gasteiger charge is -2.10. The predicted molar refractivity (Wildman–Crippen MR) is 80.3 cm³/mol. The highest BCUT2D eigenvalue weighted by Crippen LogP contribution is 2.23. The average molecular weight is 309 g/mol. The maximum Gasteiger partial charge on any atom is 0.250 e. The molecule has 0 saturated carbocycles. The van der Waals surface area contributed by atoms with E-state index in [2.05, 4.69) is 10.6 Å². The summed E-state index contributed by atoms with van der Waals surface area (Å²) in [4.78, 5) is 34.6. The number of anilines is 1. The number of thioether (sulfide) groups is 1. The summed E-state index contributed by atoms with van der Waals surface area (Å²) in [6.07, 6.45) is -0.0241. The van der Waals surface area contributed by atoms with Gasteiger partial charge in [0.2, 0.25) is 11.8 Å². The predicted octanol–water partition coefficient (Wildman–Crippen LogP) is 0.631. The molecule has 0 aliphatic carbocycles. The third-order valence-corrected chi connectivity index (χ3v) is 3.98. The first-order valence-electron chi connectivity index (χ1n) is 5.67. The fourth-order valence-electron chi connectivity index (χ4n) is 1.70. The van der Waals surface area contributed by atoms with Crippen LogP contribution in [0.4, 0.5) is 5.69 Å². The van der Waals surface area contributed by atoms with E-state index in [0.717, 1.165) is 11.8 Å². The number of benzene rings is 1. The van der Waals surface area contributed by atoms with Gasteiger partial charge in [-0.25, -0.2) is 0 Å². The van der Waals surface area contributed by atoms with Crippen molar-refractivity contribution in [3.63, 3.8) is 0 Å². The van der Waals surface area contributed by atoms with E-state index in [9.17, 15) is 14.4 Å². The minimum absolute atomic E-state index is 0.0241. The lowest BCUT2D eigenvalue weighted by Crippen LogP contribution is -2.28. The molecular weight excluding hydrogens is 298 g/mol. The standard InChI is InChI=1S/C12H11N3O3S2/c13-10(17)6-3-1-2-4-7(6)14-9(16)5-8-11(18)15-12(19)20-8/h1-4,8H,5H2,(H2,13,17)(H,14,16)(H,15,18,19)/t8-/m1/s1. The smallest absolute Gasteiger partial charge is 0.250 e. The summed E-state index contributed by atoms with van der Waals surface area (Å²) >= 11 is 5.99. The number of primary amides is 1. The van der Waals surface area contributed by atoms with Crippen LogP contribution in [0.5, 0.6) is 0 Å². The Morgan fingerprint density at radius 1 is 1.40 bits per heavy atom. The Bertz CT molecular complexity index is 603. The SMILES string of the molecule is NC(=O)c1ccccc1NC(=O)C[C@H]1SC(=S)NC1=O. The van der Waals surface area contributed by atoms with E-state index >= 15 is 0 Å². The number of para-hydroxylation sites is 1. The van der Waals surface area contributed by atoms with Gasteiger partial charge in [-0.3, -0.25) is 14.4 Å². The molecule has 0 aromatic heterocycles. The normalized spacial score (nSPS) is 17.7. The van der Waals surface area contributed by atoms with Crippen molar-refractivity contribution in [2.75, 3.05) is 5.32 Å². The summed E-state index contributed by atoms with van der Waals surface area (Å²) in [5, 5.41) is 4.51. The molecule has 0 unspecified atom stereocenters. The molecule has 20 heavy (non-hydrogen) atoms. The van der Waals surface area contributed by atoms with Crippen molar-refractivity contribution in [2.24, 2.45) is 5.73 Å². The van der Waals surface area contributed by atoms with Crippen LogP contribution in [-0.2, 0) is 9.59 Å². The van der Waals surface area contributed by atoms with Gasteiger partial charge in [0, 0.05) is 6.42 Å². The van der Waals surface area contributed by atoms with Gasteiger partial charge in [0.25, 0.3) is 5.91 Å². The monoisotopic (exact) mass is 309 g/mol. The van der Waals surface area contributed by atoms with Gasteiger partial charge in [-0.2, -0.15) is 0 Å². The number of carbonyl (C=O) groups excluding carboxylic acids is 3. The Kier molecular flexibility index (Phi) is 4.35. The zero-order valence-electron chi connectivity index (χ0n) is 10.2. The first kappa shape index (κ1) is 14.5. The summed E-state index contributed by atoms with van der Waals surface area (Å²) in [7, 11) is 0. The third kappa shape index (κ3) is 3.34. The molecule has 1 aliphatic heterocycles. The second-order valence-electron chi connectivity index (χ2n) is 4.05. The van der Waals surface area contributed by atoms with Gasteiger partial charge in [0.1, 0.15) is 4.32 Å². The Hall–Kier alpha value is -1.93. The highest BCUT2D eigenvalue weighted by atomic mass is 32.2. The van der Waals surface area contributed by atoms with Crippen molar-refractivity contribution in [3.8, 4) is 0 Å². The van der Waals surface area contributed by atoms with Gasteiger partial charge in [-0.1, -0.05) is 36.1 Å². The summed E-state index contributed by atoms with van der Waals surface area (Å²) in [5.41, 5.74) is 5.77. The Morgan fingerprint density at radius 3 is 2.70 bits per heavy atom. The number of rotatable bonds is 4. The second kappa shape index (κ2) is 6.02. The molecule has 0 spiro atoms. The number of nitrogens with two attached hydrogens (primary N) is 1. The Morgan fingerprint density at radius 2 is 2.10 bits per heavy atom. The van der Waals surface area contributed by atoms with Crippen LogP contribution < -0.4 is 16.4 Å². The van der Waals surface area contributed by atoms with Crippen LogP contribution in [0.15, 0.2) is 24.3 Å². The molecule has 8 heteroatoms. The van der Waals surface area contributed by atoms with Gasteiger partial charge < -0.3 is 16.4 Å². The fraction of sp³-hybridized carbons (Fsp3) is 0.167. The summed E-state index contributed by atoms with van der Waals surface area (Å²) in [5.74, 6) is -1.29. The highest BCUT2D eigenvalue weighted by Gasteiger charge is 2.31. The molecular formula is C12H11N3O3S2. The van der Waals surface area contributed by atoms with Crippen LogP contribution in [0.3, 0.4) is 0 Å². The molecule has 0 radical (unpaired) electrons. The fourth-order valence-corrected chi connectivity index (χ4v) is 2.97. The van der Waals surface area contributed by atoms with Crippen molar-refractivity contribution in [1.29, 1.82) is 0 Å². The van der Waals surface area contributed by atoms with Gasteiger partial charge in [-0.05, 0) is 12.1 Å². The van der Waals surface area contributed by atoms with Crippen LogP contribution in [0.1, 0.15) is 16.8 Å². The quantitative estimate of drug-likeness (QED) is 0.708. The first-order chi connectivity index (χ1) is 9.47. The van der Waals surface area contributed by atoms with E-state index in [4.69, 9.17) is 18.0 Å². The molecule has 1 atom stereocenters. The number of amides is 3. The molecule has 104 valence electrons. The van der Waals surface area contributed by atoms with Crippen LogP contribution >= 0.6 is 24.0 Å². The van der Waals surface area contributed by atoms with E-state index in [0.29, 0.717) is 10.0 Å². The number of hydrogen-bond donors (Lipinski definition) is 3. The van der Waals surface area contributed by atoms with Gasteiger partial charge >= 0.3 is 0 Å². The summed E-state index contributed by atoms with van der Waals surface area (Å²) in [6.45, 7) is 0. The molecule has 1 aromatic rings. The molecule has 1 saturated heterocycles. The van der Waals surface area contributed by atoms with Crippen LogP contribution in [0, 0.1) is 0 Å². The van der Waals surface area contributed by atoms with Crippen molar-refractivity contribution in [2.45, 2.75) is 11.7 Å². The zero-order valence-corrected chi connectivity index (χ0v) is 11.8.